The van der Waals surface area contributed by atoms with E-state index in [1.165, 1.54) is 0 Å². The molecule has 0 fully saturated rings. The molecule has 0 unspecified atom stereocenters. The van der Waals surface area contributed by atoms with Crippen LogP contribution in [0.4, 0.5) is 0 Å². The van der Waals surface area contributed by atoms with Gasteiger partial charge in [-0.2, -0.15) is 0 Å². The van der Waals surface area contributed by atoms with Crippen LogP contribution in [0.15, 0.2) is 71.4 Å². The Hall–Kier alpha value is -1.95. The largest absolute Gasteiger partial charge is 0.421 e. The molecule has 9 heteroatoms. The zero-order chi connectivity index (χ0) is 22.8. The van der Waals surface area contributed by atoms with Crippen LogP contribution in [0.1, 0.15) is 21.5 Å². The Bertz CT molecular complexity index is 1300. The number of halogens is 4. The number of hydrogen-bond donors (Lipinski definition) is 0. The number of carbonyl (C=O) groups excluding carboxylic acids is 2. The Balaban J connectivity index is 1.61. The van der Waals surface area contributed by atoms with Gasteiger partial charge in [-0.15, -0.1) is 0 Å². The molecule has 0 atom stereocenters. The van der Waals surface area contributed by atoms with Crippen molar-refractivity contribution in [3.05, 3.63) is 100 Å². The third-order valence-electron chi connectivity index (χ3n) is 4.34. The van der Waals surface area contributed by atoms with Crippen molar-refractivity contribution in [2.45, 2.75) is 0 Å². The molecular formula is C23H11Cl2I2NO4. The molecule has 1 aliphatic rings. The fourth-order valence-corrected chi connectivity index (χ4v) is 5.32. The van der Waals surface area contributed by atoms with Gasteiger partial charge in [0.15, 0.2) is 11.4 Å². The van der Waals surface area contributed by atoms with E-state index in [4.69, 9.17) is 32.7 Å². The van der Waals surface area contributed by atoms with Crippen molar-refractivity contribution in [1.29, 1.82) is 0 Å². The summed E-state index contributed by atoms with van der Waals surface area (Å²) < 4.78 is 12.2. The van der Waals surface area contributed by atoms with Gasteiger partial charge in [0.1, 0.15) is 0 Å². The van der Waals surface area contributed by atoms with Crippen LogP contribution < -0.4 is 4.74 Å². The quantitative estimate of drug-likeness (QED) is 0.131. The first kappa shape index (κ1) is 23.2. The van der Waals surface area contributed by atoms with Gasteiger partial charge < -0.3 is 9.47 Å². The van der Waals surface area contributed by atoms with Crippen LogP contribution in [-0.4, -0.2) is 17.8 Å². The zero-order valence-corrected chi connectivity index (χ0v) is 21.8. The van der Waals surface area contributed by atoms with Crippen molar-refractivity contribution in [3.8, 4) is 5.75 Å². The van der Waals surface area contributed by atoms with Crippen LogP contribution in [-0.2, 0) is 9.53 Å². The highest BCUT2D eigenvalue weighted by atomic mass is 127. The highest BCUT2D eigenvalue weighted by Crippen LogP contribution is 2.32. The SMILES string of the molecule is O=C1OC(c2ccccc2Cl)=N/C1=C\c1cc(I)c(OC(=O)c2ccccc2Cl)c(I)c1. The molecule has 0 aromatic heterocycles. The second kappa shape index (κ2) is 9.90. The van der Waals surface area contributed by atoms with E-state index in [2.05, 4.69) is 50.2 Å². The van der Waals surface area contributed by atoms with Crippen LogP contribution >= 0.6 is 68.4 Å². The van der Waals surface area contributed by atoms with Gasteiger partial charge in [0, 0.05) is 0 Å². The molecular weight excluding hydrogens is 679 g/mol. The molecule has 4 rings (SSSR count). The summed E-state index contributed by atoms with van der Waals surface area (Å²) in [5, 5.41) is 0.755. The topological polar surface area (TPSA) is 65.0 Å². The summed E-state index contributed by atoms with van der Waals surface area (Å²) >= 11 is 16.4. The van der Waals surface area contributed by atoms with E-state index < -0.39 is 11.9 Å². The van der Waals surface area contributed by atoms with Crippen LogP contribution in [0.2, 0.25) is 10.0 Å². The minimum atomic E-state index is -0.570. The summed E-state index contributed by atoms with van der Waals surface area (Å²) in [6.07, 6.45) is 1.61. The monoisotopic (exact) mass is 689 g/mol. The van der Waals surface area contributed by atoms with Gasteiger partial charge >= 0.3 is 11.9 Å². The zero-order valence-electron chi connectivity index (χ0n) is 15.9. The number of aliphatic imine (C=N–C) groups is 1. The fourth-order valence-electron chi connectivity index (χ4n) is 2.85. The maximum atomic E-state index is 12.5. The predicted octanol–water partition coefficient (Wildman–Crippen LogP) is 6.77. The lowest BCUT2D eigenvalue weighted by molar-refractivity contribution is -0.129. The lowest BCUT2D eigenvalue weighted by atomic mass is 10.2. The van der Waals surface area contributed by atoms with Gasteiger partial charge in [0.25, 0.3) is 0 Å². The first-order valence-electron chi connectivity index (χ1n) is 9.06. The maximum Gasteiger partial charge on any atom is 0.363 e. The van der Waals surface area contributed by atoms with Crippen LogP contribution in [0.25, 0.3) is 6.08 Å². The van der Waals surface area contributed by atoms with Gasteiger partial charge in [-0.25, -0.2) is 14.6 Å². The number of esters is 2. The average Bonchev–Trinajstić information content (AvgIpc) is 3.11. The van der Waals surface area contributed by atoms with E-state index in [1.807, 2.05) is 0 Å². The van der Waals surface area contributed by atoms with Gasteiger partial charge in [-0.3, -0.25) is 0 Å². The van der Waals surface area contributed by atoms with Gasteiger partial charge in [0.05, 0.1) is 28.3 Å². The second-order valence-electron chi connectivity index (χ2n) is 6.50. The molecule has 0 aliphatic carbocycles. The second-order valence-corrected chi connectivity index (χ2v) is 9.64. The number of rotatable bonds is 4. The molecule has 0 bridgehead atoms. The minimum absolute atomic E-state index is 0.146. The van der Waals surface area contributed by atoms with E-state index in [-0.39, 0.29) is 17.2 Å². The van der Waals surface area contributed by atoms with Gasteiger partial charge in [0.2, 0.25) is 5.90 Å². The number of cyclic esters (lactones) is 1. The van der Waals surface area contributed by atoms with Crippen molar-refractivity contribution in [2.24, 2.45) is 4.99 Å². The van der Waals surface area contributed by atoms with E-state index in [1.54, 1.807) is 66.7 Å². The Morgan fingerprint density at radius 2 is 1.59 bits per heavy atom. The Labute approximate surface area is 220 Å². The van der Waals surface area contributed by atoms with Crippen molar-refractivity contribution >= 4 is 92.3 Å². The third kappa shape index (κ3) is 5.00. The Morgan fingerprint density at radius 3 is 2.25 bits per heavy atom. The molecule has 0 amide bonds. The number of nitrogens with zero attached hydrogens (tertiary/aromatic N) is 1. The van der Waals surface area contributed by atoms with E-state index in [0.717, 1.165) is 0 Å². The summed E-state index contributed by atoms with van der Waals surface area (Å²) in [4.78, 5) is 29.1. The molecule has 0 spiro atoms. The number of benzene rings is 3. The van der Waals surface area contributed by atoms with Gasteiger partial charge in [-0.1, -0.05) is 47.5 Å². The Kier molecular flexibility index (Phi) is 7.18. The summed E-state index contributed by atoms with van der Waals surface area (Å²) in [6.45, 7) is 0. The van der Waals surface area contributed by atoms with Gasteiger partial charge in [-0.05, 0) is 93.2 Å². The first-order chi connectivity index (χ1) is 15.3. The fraction of sp³-hybridized carbons (Fsp3) is 0. The average molecular weight is 690 g/mol. The molecule has 0 radical (unpaired) electrons. The van der Waals surface area contributed by atoms with Crippen molar-refractivity contribution in [1.82, 2.24) is 0 Å². The van der Waals surface area contributed by atoms with Crippen molar-refractivity contribution < 1.29 is 19.1 Å². The summed E-state index contributed by atoms with van der Waals surface area (Å²) in [6, 6.07) is 17.2. The number of hydrogen-bond acceptors (Lipinski definition) is 5. The highest BCUT2D eigenvalue weighted by molar-refractivity contribution is 14.1. The smallest absolute Gasteiger partial charge is 0.363 e. The molecule has 160 valence electrons. The summed E-state index contributed by atoms with van der Waals surface area (Å²) in [5.41, 5.74) is 1.67. The molecule has 32 heavy (non-hydrogen) atoms. The predicted molar refractivity (Wildman–Crippen MR) is 140 cm³/mol. The Morgan fingerprint density at radius 1 is 0.969 bits per heavy atom. The molecule has 3 aromatic carbocycles. The molecule has 1 heterocycles. The molecule has 0 N–H and O–H groups in total. The van der Waals surface area contributed by atoms with E-state index in [9.17, 15) is 9.59 Å². The molecule has 3 aromatic rings. The molecule has 5 nitrogen and oxygen atoms in total. The third-order valence-corrected chi connectivity index (χ3v) is 6.60. The molecule has 0 saturated heterocycles. The summed E-state index contributed by atoms with van der Waals surface area (Å²) in [7, 11) is 0. The lowest BCUT2D eigenvalue weighted by Gasteiger charge is -2.10. The van der Waals surface area contributed by atoms with Crippen molar-refractivity contribution in [2.75, 3.05) is 0 Å². The lowest BCUT2D eigenvalue weighted by Crippen LogP contribution is -2.11. The minimum Gasteiger partial charge on any atom is -0.421 e. The normalized spacial score (nSPS) is 14.3. The van der Waals surface area contributed by atoms with Crippen LogP contribution in [0.5, 0.6) is 5.75 Å². The van der Waals surface area contributed by atoms with Crippen LogP contribution in [0, 0.1) is 7.14 Å². The van der Waals surface area contributed by atoms with Crippen molar-refractivity contribution in [3.63, 3.8) is 0 Å². The summed E-state index contributed by atoms with van der Waals surface area (Å²) in [5.74, 6) is -0.556. The maximum absolute atomic E-state index is 12.5. The molecule has 1 aliphatic heterocycles. The highest BCUT2D eigenvalue weighted by Gasteiger charge is 2.26. The number of ether oxygens (including phenoxy) is 2. The van der Waals surface area contributed by atoms with E-state index in [0.29, 0.717) is 34.1 Å². The van der Waals surface area contributed by atoms with Crippen LogP contribution in [0.3, 0.4) is 0 Å². The number of carbonyl (C=O) groups is 2. The molecule has 0 saturated carbocycles. The standard InChI is InChI=1S/C23H11Cl2I2NO4/c24-15-7-3-1-5-13(15)21-28-19(23(30)32-21)11-12-9-17(26)20(18(27)10-12)31-22(29)14-6-2-4-8-16(14)25/h1-11H/b19-11-. The first-order valence-corrected chi connectivity index (χ1v) is 12.0. The van der Waals surface area contributed by atoms with E-state index >= 15 is 0 Å².